The monoisotopic (exact) mass is 327 g/mol. The molecule has 0 radical (unpaired) electrons. The molecule has 5 nitrogen and oxygen atoms in total. The van der Waals surface area contributed by atoms with Crippen LogP contribution in [0.2, 0.25) is 0 Å². The number of carbonyl (C=O) groups excluding carboxylic acids is 1. The third-order valence-electron chi connectivity index (χ3n) is 6.42. The minimum Gasteiger partial charge on any atom is -0.487 e. The lowest BCUT2D eigenvalue weighted by atomic mass is 9.82. The van der Waals surface area contributed by atoms with Gasteiger partial charge in [0.05, 0.1) is 18.0 Å². The molecule has 4 aliphatic rings. The number of halogens is 1. The number of ether oxygens (including phenoxy) is 1. The van der Waals surface area contributed by atoms with Gasteiger partial charge in [-0.3, -0.25) is 9.78 Å². The number of fused-ring (bicyclic) bond motifs is 6. The Morgan fingerprint density at radius 1 is 1.38 bits per heavy atom. The Kier molecular flexibility index (Phi) is 2.65. The maximum absolute atomic E-state index is 14.5. The Morgan fingerprint density at radius 3 is 2.83 bits per heavy atom. The van der Waals surface area contributed by atoms with Crippen molar-refractivity contribution >= 4 is 5.91 Å². The second-order valence-electron chi connectivity index (χ2n) is 7.77. The molecule has 2 aliphatic carbocycles. The topological polar surface area (TPSA) is 66.2 Å². The normalized spacial score (nSPS) is 38.6. The molecule has 6 heteroatoms. The highest BCUT2D eigenvalue weighted by atomic mass is 19.1. The van der Waals surface area contributed by atoms with Crippen molar-refractivity contribution in [2.75, 3.05) is 6.54 Å². The van der Waals surface area contributed by atoms with Crippen molar-refractivity contribution in [3.05, 3.63) is 23.5 Å². The summed E-state index contributed by atoms with van der Waals surface area (Å²) < 4.78 is 20.5. The van der Waals surface area contributed by atoms with E-state index >= 15 is 0 Å². The standard InChI is InChI=1S/C18H18FN3O2/c19-18-3-1-17(10-18,2-4-18)16(23)22-9-12-5-14(22)13-8-21-7-11(6-20)15(13)24-12/h7-8,12,14H,1-5,9-10H2/t12-,14-,17?,18?/m0/s1. The predicted octanol–water partition coefficient (Wildman–Crippen LogP) is 2.66. The first kappa shape index (κ1) is 14.2. The minimum atomic E-state index is -1.13. The maximum atomic E-state index is 14.5. The molecule has 2 saturated carbocycles. The van der Waals surface area contributed by atoms with E-state index in [0.29, 0.717) is 50.0 Å². The minimum absolute atomic E-state index is 0.0748. The van der Waals surface area contributed by atoms with Crippen molar-refractivity contribution in [3.63, 3.8) is 0 Å². The van der Waals surface area contributed by atoms with Gasteiger partial charge in [0.2, 0.25) is 5.91 Å². The SMILES string of the molecule is N#Cc1cncc2c1O[C@H]1C[C@@H]2N(C(=O)C23CCC(F)(CC2)C3)C1. The van der Waals surface area contributed by atoms with Gasteiger partial charge in [-0.25, -0.2) is 4.39 Å². The summed E-state index contributed by atoms with van der Waals surface area (Å²) in [5.74, 6) is 0.644. The molecule has 0 aromatic carbocycles. The molecular weight excluding hydrogens is 309 g/mol. The average molecular weight is 327 g/mol. The van der Waals surface area contributed by atoms with E-state index in [-0.39, 0.29) is 18.1 Å². The van der Waals surface area contributed by atoms with Gasteiger partial charge in [0.1, 0.15) is 29.2 Å². The van der Waals surface area contributed by atoms with E-state index < -0.39 is 11.1 Å². The van der Waals surface area contributed by atoms with Crippen molar-refractivity contribution in [2.45, 2.75) is 56.3 Å². The van der Waals surface area contributed by atoms with E-state index in [1.807, 2.05) is 4.90 Å². The number of pyridine rings is 1. The molecule has 1 aromatic rings. The summed E-state index contributed by atoms with van der Waals surface area (Å²) >= 11 is 0. The number of likely N-dealkylation sites (tertiary alicyclic amines) is 1. The second kappa shape index (κ2) is 4.47. The van der Waals surface area contributed by atoms with Crippen LogP contribution in [0, 0.1) is 16.7 Å². The quantitative estimate of drug-likeness (QED) is 0.795. The fraction of sp³-hybridized carbons (Fsp3) is 0.611. The number of hydrogen-bond acceptors (Lipinski definition) is 4. The van der Waals surface area contributed by atoms with Gasteiger partial charge in [0, 0.05) is 24.4 Å². The van der Waals surface area contributed by atoms with Crippen LogP contribution in [0.4, 0.5) is 4.39 Å². The average Bonchev–Trinajstić information content (AvgIpc) is 3.23. The number of carbonyl (C=O) groups is 1. The Morgan fingerprint density at radius 2 is 2.17 bits per heavy atom. The van der Waals surface area contributed by atoms with Gasteiger partial charge in [-0.2, -0.15) is 5.26 Å². The van der Waals surface area contributed by atoms with Crippen molar-refractivity contribution < 1.29 is 13.9 Å². The molecule has 0 spiro atoms. The molecule has 0 unspecified atom stereocenters. The molecule has 1 saturated heterocycles. The predicted molar refractivity (Wildman–Crippen MR) is 81.8 cm³/mol. The summed E-state index contributed by atoms with van der Waals surface area (Å²) in [6.45, 7) is 0.518. The lowest BCUT2D eigenvalue weighted by Gasteiger charge is -2.33. The smallest absolute Gasteiger partial charge is 0.229 e. The Bertz CT molecular complexity index is 779. The molecule has 3 fully saturated rings. The summed E-state index contributed by atoms with van der Waals surface area (Å²) in [4.78, 5) is 19.3. The summed E-state index contributed by atoms with van der Waals surface area (Å²) in [6.07, 6.45) is 6.53. The molecule has 0 N–H and O–H groups in total. The summed E-state index contributed by atoms with van der Waals surface area (Å²) in [6, 6.07) is 2.01. The van der Waals surface area contributed by atoms with Crippen LogP contribution in [-0.4, -0.2) is 34.1 Å². The zero-order valence-corrected chi connectivity index (χ0v) is 13.3. The number of nitriles is 1. The molecule has 3 heterocycles. The van der Waals surface area contributed by atoms with Crippen molar-refractivity contribution in [3.8, 4) is 11.8 Å². The molecule has 2 atom stereocenters. The fourth-order valence-corrected chi connectivity index (χ4v) is 5.21. The third kappa shape index (κ3) is 1.73. The van der Waals surface area contributed by atoms with E-state index in [1.165, 1.54) is 6.20 Å². The summed E-state index contributed by atoms with van der Waals surface area (Å²) in [5.41, 5.74) is -0.421. The number of hydrogen-bond donors (Lipinski definition) is 0. The molecule has 24 heavy (non-hydrogen) atoms. The Labute approximate surface area is 139 Å². The highest BCUT2D eigenvalue weighted by Crippen LogP contribution is 2.60. The first-order valence-electron chi connectivity index (χ1n) is 8.58. The van der Waals surface area contributed by atoms with E-state index in [0.717, 1.165) is 12.0 Å². The molecule has 1 amide bonds. The van der Waals surface area contributed by atoms with Crippen LogP contribution < -0.4 is 4.74 Å². The zero-order valence-electron chi connectivity index (χ0n) is 13.3. The van der Waals surface area contributed by atoms with Gasteiger partial charge in [-0.05, 0) is 32.1 Å². The van der Waals surface area contributed by atoms with Gasteiger partial charge in [-0.1, -0.05) is 0 Å². The molecule has 5 rings (SSSR count). The number of alkyl halides is 1. The largest absolute Gasteiger partial charge is 0.487 e. The van der Waals surface area contributed by atoms with Crippen LogP contribution in [0.5, 0.6) is 5.75 Å². The van der Waals surface area contributed by atoms with Crippen LogP contribution >= 0.6 is 0 Å². The molecule has 2 aliphatic heterocycles. The third-order valence-corrected chi connectivity index (χ3v) is 6.42. The fourth-order valence-electron chi connectivity index (χ4n) is 5.21. The van der Waals surface area contributed by atoms with Gasteiger partial charge < -0.3 is 9.64 Å². The van der Waals surface area contributed by atoms with Gasteiger partial charge in [0.25, 0.3) is 0 Å². The van der Waals surface area contributed by atoms with Crippen LogP contribution in [0.3, 0.4) is 0 Å². The number of aromatic nitrogens is 1. The van der Waals surface area contributed by atoms with Crippen LogP contribution in [0.25, 0.3) is 0 Å². The van der Waals surface area contributed by atoms with Crippen molar-refractivity contribution in [2.24, 2.45) is 5.41 Å². The summed E-state index contributed by atoms with van der Waals surface area (Å²) in [5, 5.41) is 9.26. The first-order valence-corrected chi connectivity index (χ1v) is 8.58. The molecule has 4 bridgehead atoms. The highest BCUT2D eigenvalue weighted by molar-refractivity contribution is 5.85. The van der Waals surface area contributed by atoms with E-state index in [4.69, 9.17) is 4.74 Å². The highest BCUT2D eigenvalue weighted by Gasteiger charge is 2.61. The lowest BCUT2D eigenvalue weighted by Crippen LogP contribution is -2.41. The number of amides is 1. The van der Waals surface area contributed by atoms with E-state index in [2.05, 4.69) is 11.1 Å². The number of nitrogens with zero attached hydrogens (tertiary/aromatic N) is 3. The van der Waals surface area contributed by atoms with Crippen molar-refractivity contribution in [1.82, 2.24) is 9.88 Å². The summed E-state index contributed by atoms with van der Waals surface area (Å²) in [7, 11) is 0. The second-order valence-corrected chi connectivity index (χ2v) is 7.77. The number of rotatable bonds is 1. The van der Waals surface area contributed by atoms with Crippen molar-refractivity contribution in [1.29, 1.82) is 5.26 Å². The zero-order chi connectivity index (χ0) is 16.5. The first-order chi connectivity index (χ1) is 11.5. The lowest BCUT2D eigenvalue weighted by molar-refractivity contribution is -0.142. The maximum Gasteiger partial charge on any atom is 0.229 e. The molecule has 124 valence electrons. The van der Waals surface area contributed by atoms with Gasteiger partial charge >= 0.3 is 0 Å². The molecular formula is C18H18FN3O2. The van der Waals surface area contributed by atoms with E-state index in [1.54, 1.807) is 6.20 Å². The van der Waals surface area contributed by atoms with Crippen LogP contribution in [0.15, 0.2) is 12.4 Å². The Hall–Kier alpha value is -2.16. The van der Waals surface area contributed by atoms with Crippen LogP contribution in [0.1, 0.15) is 55.7 Å². The van der Waals surface area contributed by atoms with Crippen LogP contribution in [-0.2, 0) is 4.79 Å². The van der Waals surface area contributed by atoms with Gasteiger partial charge in [-0.15, -0.1) is 0 Å². The Balaban J connectivity index is 1.51. The van der Waals surface area contributed by atoms with Gasteiger partial charge in [0.15, 0.2) is 0 Å². The van der Waals surface area contributed by atoms with E-state index in [9.17, 15) is 14.4 Å². The molecule has 1 aromatic heterocycles.